The van der Waals surface area contributed by atoms with Gasteiger partial charge in [0.25, 0.3) is 0 Å². The Balaban J connectivity index is 1.92. The number of aromatic nitrogens is 1. The fourth-order valence-electron chi connectivity index (χ4n) is 1.74. The number of benzene rings is 2. The van der Waals surface area contributed by atoms with E-state index in [1.165, 1.54) is 15.8 Å². The Morgan fingerprint density at radius 2 is 1.71 bits per heavy atom. The van der Waals surface area contributed by atoms with E-state index in [2.05, 4.69) is 47.5 Å². The molecule has 0 aliphatic carbocycles. The molecule has 0 saturated carbocycles. The molecule has 3 aromatic rings. The number of hydrogen-bond acceptors (Lipinski definition) is 2. The summed E-state index contributed by atoms with van der Waals surface area (Å²) >= 11 is 1.68. The summed E-state index contributed by atoms with van der Waals surface area (Å²) in [7, 11) is 0. The van der Waals surface area contributed by atoms with Crippen molar-refractivity contribution in [1.82, 2.24) is 4.98 Å². The van der Waals surface area contributed by atoms with E-state index in [0.717, 1.165) is 5.52 Å². The van der Waals surface area contributed by atoms with Gasteiger partial charge in [0.1, 0.15) is 0 Å². The average molecular weight is 237 g/mol. The molecule has 0 saturated heterocycles. The third kappa shape index (κ3) is 2.27. The largest absolute Gasteiger partial charge is 0.245 e. The van der Waals surface area contributed by atoms with Crippen LogP contribution in [0.2, 0.25) is 0 Å². The maximum absolute atomic E-state index is 4.32. The first-order valence-electron chi connectivity index (χ1n) is 5.48. The highest BCUT2D eigenvalue weighted by molar-refractivity contribution is 7.16. The number of nitrogens with zero attached hydrogens (tertiary/aromatic N) is 1. The summed E-state index contributed by atoms with van der Waals surface area (Å²) < 4.78 is 1.24. The number of rotatable bonds is 2. The van der Waals surface area contributed by atoms with E-state index in [9.17, 15) is 0 Å². The van der Waals surface area contributed by atoms with Gasteiger partial charge in [0.05, 0.1) is 15.7 Å². The predicted octanol–water partition coefficient (Wildman–Crippen LogP) is 4.47. The standard InChI is InChI=1S/C15H11NS/c1-2-4-12(5-3-1)6-7-13-8-9-15-14(10-13)16-11-17-15/h1-11H. The van der Waals surface area contributed by atoms with Gasteiger partial charge >= 0.3 is 0 Å². The van der Waals surface area contributed by atoms with Crippen molar-refractivity contribution in [3.05, 3.63) is 65.2 Å². The molecule has 0 atom stereocenters. The number of hydrogen-bond donors (Lipinski definition) is 0. The van der Waals surface area contributed by atoms with Crippen LogP contribution in [-0.2, 0) is 0 Å². The van der Waals surface area contributed by atoms with Crippen molar-refractivity contribution in [3.8, 4) is 0 Å². The Bertz CT molecular complexity index is 653. The summed E-state index contributed by atoms with van der Waals surface area (Å²) in [6.07, 6.45) is 4.24. The lowest BCUT2D eigenvalue weighted by Crippen LogP contribution is -1.73. The average Bonchev–Trinajstić information content (AvgIpc) is 2.85. The van der Waals surface area contributed by atoms with Gasteiger partial charge in [0.15, 0.2) is 0 Å². The molecule has 3 rings (SSSR count). The van der Waals surface area contributed by atoms with Gasteiger partial charge in [0.2, 0.25) is 0 Å². The molecule has 0 spiro atoms. The van der Waals surface area contributed by atoms with Gasteiger partial charge < -0.3 is 0 Å². The second-order valence-corrected chi connectivity index (χ2v) is 4.71. The van der Waals surface area contributed by atoms with Gasteiger partial charge in [-0.3, -0.25) is 0 Å². The van der Waals surface area contributed by atoms with Crippen LogP contribution in [0.1, 0.15) is 11.1 Å². The minimum absolute atomic E-state index is 1.07. The van der Waals surface area contributed by atoms with Crippen LogP contribution in [0.25, 0.3) is 22.4 Å². The van der Waals surface area contributed by atoms with E-state index >= 15 is 0 Å². The molecule has 82 valence electrons. The lowest BCUT2D eigenvalue weighted by molar-refractivity contribution is 1.50. The number of thiazole rings is 1. The fraction of sp³-hybridized carbons (Fsp3) is 0. The van der Waals surface area contributed by atoms with Crippen LogP contribution in [0.4, 0.5) is 0 Å². The smallest absolute Gasteiger partial charge is 0.0817 e. The maximum atomic E-state index is 4.32. The third-order valence-corrected chi connectivity index (χ3v) is 3.43. The van der Waals surface area contributed by atoms with Crippen LogP contribution in [0, 0.1) is 0 Å². The second kappa shape index (κ2) is 4.52. The molecule has 1 aromatic heterocycles. The highest BCUT2D eigenvalue weighted by Gasteiger charge is 1.96. The van der Waals surface area contributed by atoms with E-state index in [1.54, 1.807) is 11.3 Å². The van der Waals surface area contributed by atoms with Crippen molar-refractivity contribution in [2.24, 2.45) is 0 Å². The molecular weight excluding hydrogens is 226 g/mol. The second-order valence-electron chi connectivity index (χ2n) is 3.82. The zero-order chi connectivity index (χ0) is 11.5. The Morgan fingerprint density at radius 1 is 0.882 bits per heavy atom. The van der Waals surface area contributed by atoms with Crippen LogP contribution in [0.3, 0.4) is 0 Å². The van der Waals surface area contributed by atoms with E-state index in [0.29, 0.717) is 0 Å². The van der Waals surface area contributed by atoms with Gasteiger partial charge in [-0.2, -0.15) is 0 Å². The Labute approximate surface area is 104 Å². The summed E-state index contributed by atoms with van der Waals surface area (Å²) in [6, 6.07) is 16.7. The molecule has 0 N–H and O–H groups in total. The molecule has 0 fully saturated rings. The van der Waals surface area contributed by atoms with Crippen LogP contribution in [0.5, 0.6) is 0 Å². The van der Waals surface area contributed by atoms with Gasteiger partial charge in [-0.05, 0) is 23.3 Å². The molecule has 0 bridgehead atoms. The van der Waals surface area contributed by atoms with Crippen LogP contribution in [0.15, 0.2) is 54.0 Å². The summed E-state index contributed by atoms with van der Waals surface area (Å²) in [5, 5.41) is 0. The van der Waals surface area contributed by atoms with E-state index < -0.39 is 0 Å². The van der Waals surface area contributed by atoms with Gasteiger partial charge in [-0.25, -0.2) is 4.98 Å². The summed E-state index contributed by atoms with van der Waals surface area (Å²) in [4.78, 5) is 4.32. The van der Waals surface area contributed by atoms with Crippen LogP contribution >= 0.6 is 11.3 Å². The SMILES string of the molecule is C(=Cc1ccc2scnc2c1)c1ccccc1. The Hall–Kier alpha value is -1.93. The normalized spacial score (nSPS) is 11.3. The highest BCUT2D eigenvalue weighted by Crippen LogP contribution is 2.20. The molecule has 0 aliphatic heterocycles. The first-order valence-corrected chi connectivity index (χ1v) is 6.36. The zero-order valence-corrected chi connectivity index (χ0v) is 10.0. The van der Waals surface area contributed by atoms with E-state index in [-0.39, 0.29) is 0 Å². The van der Waals surface area contributed by atoms with Gasteiger partial charge in [0, 0.05) is 0 Å². The maximum Gasteiger partial charge on any atom is 0.0817 e. The van der Waals surface area contributed by atoms with E-state index in [4.69, 9.17) is 0 Å². The molecule has 2 aromatic carbocycles. The Kier molecular flexibility index (Phi) is 2.72. The zero-order valence-electron chi connectivity index (χ0n) is 9.21. The predicted molar refractivity (Wildman–Crippen MR) is 75.0 cm³/mol. The fourth-order valence-corrected chi connectivity index (χ4v) is 2.39. The first kappa shape index (κ1) is 10.2. The summed E-state index contributed by atoms with van der Waals surface area (Å²) in [6.45, 7) is 0. The molecule has 0 amide bonds. The molecule has 0 unspecified atom stereocenters. The van der Waals surface area contributed by atoms with Crippen molar-refractivity contribution in [2.75, 3.05) is 0 Å². The quantitative estimate of drug-likeness (QED) is 0.599. The summed E-state index contributed by atoms with van der Waals surface area (Å²) in [5.74, 6) is 0. The lowest BCUT2D eigenvalue weighted by atomic mass is 10.1. The highest BCUT2D eigenvalue weighted by atomic mass is 32.1. The van der Waals surface area contributed by atoms with Crippen molar-refractivity contribution in [2.45, 2.75) is 0 Å². The molecular formula is C15H11NS. The number of fused-ring (bicyclic) bond motifs is 1. The van der Waals surface area contributed by atoms with Crippen LogP contribution in [-0.4, -0.2) is 4.98 Å². The van der Waals surface area contributed by atoms with Gasteiger partial charge in [-0.1, -0.05) is 48.6 Å². The van der Waals surface area contributed by atoms with Gasteiger partial charge in [-0.15, -0.1) is 11.3 Å². The molecule has 0 radical (unpaired) electrons. The Morgan fingerprint density at radius 3 is 2.59 bits per heavy atom. The van der Waals surface area contributed by atoms with Crippen molar-refractivity contribution in [3.63, 3.8) is 0 Å². The van der Waals surface area contributed by atoms with Crippen molar-refractivity contribution < 1.29 is 0 Å². The van der Waals surface area contributed by atoms with Crippen molar-refractivity contribution in [1.29, 1.82) is 0 Å². The monoisotopic (exact) mass is 237 g/mol. The minimum Gasteiger partial charge on any atom is -0.245 e. The molecule has 1 heterocycles. The first-order chi connectivity index (χ1) is 8.42. The van der Waals surface area contributed by atoms with Crippen molar-refractivity contribution >= 4 is 33.7 Å². The molecule has 17 heavy (non-hydrogen) atoms. The van der Waals surface area contributed by atoms with E-state index in [1.807, 2.05) is 23.7 Å². The molecule has 0 aliphatic rings. The third-order valence-electron chi connectivity index (χ3n) is 2.62. The topological polar surface area (TPSA) is 12.9 Å². The molecule has 1 nitrogen and oxygen atoms in total. The lowest BCUT2D eigenvalue weighted by Gasteiger charge is -1.94. The molecule has 2 heteroatoms. The summed E-state index contributed by atoms with van der Waals surface area (Å²) in [5.41, 5.74) is 5.36. The van der Waals surface area contributed by atoms with Crippen LogP contribution < -0.4 is 0 Å². The minimum atomic E-state index is 1.07.